The molecule has 0 aromatic heterocycles. The molecule has 0 fully saturated rings. The smallest absolute Gasteiger partial charge is 0.224 e. The van der Waals surface area contributed by atoms with E-state index in [0.717, 1.165) is 16.7 Å². The van der Waals surface area contributed by atoms with Crippen molar-refractivity contribution in [3.63, 3.8) is 0 Å². The van der Waals surface area contributed by atoms with Crippen LogP contribution in [0.3, 0.4) is 0 Å². The summed E-state index contributed by atoms with van der Waals surface area (Å²) in [7, 11) is 3.16. The van der Waals surface area contributed by atoms with E-state index in [0.29, 0.717) is 37.6 Å². The van der Waals surface area contributed by atoms with Crippen LogP contribution in [0.25, 0.3) is 0 Å². The summed E-state index contributed by atoms with van der Waals surface area (Å²) in [6, 6.07) is 13.4. The molecule has 0 aliphatic heterocycles. The number of nitrogens with zero attached hydrogens (tertiary/aromatic N) is 1. The number of rotatable bonds is 9. The second-order valence-electron chi connectivity index (χ2n) is 6.58. The van der Waals surface area contributed by atoms with Gasteiger partial charge in [0.15, 0.2) is 11.5 Å². The summed E-state index contributed by atoms with van der Waals surface area (Å²) in [6.07, 6.45) is 0.336. The minimum absolute atomic E-state index is 0.0519. The fourth-order valence-electron chi connectivity index (χ4n) is 2.92. The molecule has 1 N–H and O–H groups in total. The third-order valence-corrected chi connectivity index (χ3v) is 4.58. The van der Waals surface area contributed by atoms with Crippen LogP contribution in [0.1, 0.15) is 23.6 Å². The summed E-state index contributed by atoms with van der Waals surface area (Å²) in [6.45, 7) is 4.78. The maximum absolute atomic E-state index is 12.2. The van der Waals surface area contributed by atoms with E-state index in [9.17, 15) is 9.59 Å². The molecule has 28 heavy (non-hydrogen) atoms. The van der Waals surface area contributed by atoms with Crippen molar-refractivity contribution in [1.82, 2.24) is 10.2 Å². The fraction of sp³-hybridized carbons (Fsp3) is 0.364. The van der Waals surface area contributed by atoms with Crippen LogP contribution in [0.15, 0.2) is 42.5 Å². The van der Waals surface area contributed by atoms with Crippen molar-refractivity contribution in [3.8, 4) is 11.5 Å². The molecular formula is C22H28N2O4. The summed E-state index contributed by atoms with van der Waals surface area (Å²) in [5.74, 6) is 1.16. The van der Waals surface area contributed by atoms with Crippen LogP contribution in [0.5, 0.6) is 11.5 Å². The fourth-order valence-corrected chi connectivity index (χ4v) is 2.92. The Balaban J connectivity index is 1.90. The summed E-state index contributed by atoms with van der Waals surface area (Å²) in [4.78, 5) is 25.9. The Labute approximate surface area is 166 Å². The number of carbonyl (C=O) groups is 2. The quantitative estimate of drug-likeness (QED) is 0.722. The van der Waals surface area contributed by atoms with Crippen LogP contribution >= 0.6 is 0 Å². The molecule has 0 aliphatic carbocycles. The summed E-state index contributed by atoms with van der Waals surface area (Å²) in [5.41, 5.74) is 3.03. The molecule has 0 saturated carbocycles. The lowest BCUT2D eigenvalue weighted by molar-refractivity contribution is -0.130. The number of benzene rings is 2. The number of methoxy groups -OCH3 is 2. The first-order valence-corrected chi connectivity index (χ1v) is 9.22. The van der Waals surface area contributed by atoms with Gasteiger partial charge in [0.1, 0.15) is 0 Å². The Hall–Kier alpha value is -3.02. The highest BCUT2D eigenvalue weighted by Crippen LogP contribution is 2.28. The van der Waals surface area contributed by atoms with E-state index in [1.54, 1.807) is 19.1 Å². The number of nitrogens with one attached hydrogen (secondary N) is 1. The maximum atomic E-state index is 12.2. The number of hydrogen-bond donors (Lipinski definition) is 1. The van der Waals surface area contributed by atoms with E-state index >= 15 is 0 Å². The largest absolute Gasteiger partial charge is 0.493 e. The molecule has 6 nitrogen and oxygen atoms in total. The molecule has 150 valence electrons. The third kappa shape index (κ3) is 6.01. The van der Waals surface area contributed by atoms with E-state index in [1.165, 1.54) is 6.92 Å². The number of carbonyl (C=O) groups excluding carboxylic acids is 2. The van der Waals surface area contributed by atoms with Crippen LogP contribution in [0.4, 0.5) is 0 Å². The van der Waals surface area contributed by atoms with Crippen LogP contribution in [-0.4, -0.2) is 44.0 Å². The van der Waals surface area contributed by atoms with Gasteiger partial charge in [-0.1, -0.05) is 30.3 Å². The van der Waals surface area contributed by atoms with Gasteiger partial charge in [-0.25, -0.2) is 0 Å². The normalized spacial score (nSPS) is 10.3. The van der Waals surface area contributed by atoms with E-state index in [-0.39, 0.29) is 11.8 Å². The minimum Gasteiger partial charge on any atom is -0.493 e. The van der Waals surface area contributed by atoms with Gasteiger partial charge in [-0.2, -0.15) is 0 Å². The Bertz CT molecular complexity index is 820. The summed E-state index contributed by atoms with van der Waals surface area (Å²) < 4.78 is 10.6. The molecule has 2 rings (SSSR count). The molecule has 0 spiro atoms. The second kappa shape index (κ2) is 10.3. The molecule has 6 heteroatoms. The van der Waals surface area contributed by atoms with Gasteiger partial charge in [-0.3, -0.25) is 9.59 Å². The first-order valence-electron chi connectivity index (χ1n) is 9.22. The third-order valence-electron chi connectivity index (χ3n) is 4.58. The van der Waals surface area contributed by atoms with Crippen LogP contribution in [-0.2, 0) is 22.6 Å². The highest BCUT2D eigenvalue weighted by atomic mass is 16.5. The van der Waals surface area contributed by atoms with Gasteiger partial charge in [0.2, 0.25) is 11.8 Å². The molecule has 0 radical (unpaired) electrons. The zero-order chi connectivity index (χ0) is 20.5. The van der Waals surface area contributed by atoms with Gasteiger partial charge in [0.05, 0.1) is 20.6 Å². The predicted octanol–water partition coefficient (Wildman–Crippen LogP) is 2.72. The van der Waals surface area contributed by atoms with Crippen LogP contribution in [0.2, 0.25) is 0 Å². The van der Waals surface area contributed by atoms with Crippen molar-refractivity contribution in [2.24, 2.45) is 0 Å². The second-order valence-corrected chi connectivity index (χ2v) is 6.58. The molecule has 2 amide bonds. The first-order chi connectivity index (χ1) is 13.4. The van der Waals surface area contributed by atoms with Gasteiger partial charge in [0, 0.05) is 26.6 Å². The predicted molar refractivity (Wildman–Crippen MR) is 109 cm³/mol. The Morgan fingerprint density at radius 3 is 2.39 bits per heavy atom. The van der Waals surface area contributed by atoms with Crippen molar-refractivity contribution in [2.45, 2.75) is 26.8 Å². The number of amides is 2. The highest BCUT2D eigenvalue weighted by molar-refractivity contribution is 5.79. The van der Waals surface area contributed by atoms with E-state index in [1.807, 2.05) is 49.4 Å². The molecule has 2 aromatic rings. The van der Waals surface area contributed by atoms with Gasteiger partial charge in [-0.05, 0) is 35.7 Å². The number of hydrogen-bond acceptors (Lipinski definition) is 4. The number of ether oxygens (including phenoxy) is 2. The van der Waals surface area contributed by atoms with Crippen LogP contribution < -0.4 is 14.8 Å². The van der Waals surface area contributed by atoms with Gasteiger partial charge in [-0.15, -0.1) is 0 Å². The lowest BCUT2D eigenvalue weighted by atomic mass is 10.1. The molecule has 0 unspecified atom stereocenters. The van der Waals surface area contributed by atoms with Gasteiger partial charge >= 0.3 is 0 Å². The van der Waals surface area contributed by atoms with Crippen LogP contribution in [0, 0.1) is 6.92 Å². The monoisotopic (exact) mass is 384 g/mol. The van der Waals surface area contributed by atoms with Gasteiger partial charge < -0.3 is 19.7 Å². The topological polar surface area (TPSA) is 67.9 Å². The summed E-state index contributed by atoms with van der Waals surface area (Å²) in [5, 5.41) is 2.89. The standard InChI is InChI=1S/C22H28N2O4/c1-16-7-5-6-8-19(16)14-22(26)23-11-12-24(17(2)25)15-18-9-10-20(27-3)21(13-18)28-4/h5-10,13H,11-12,14-15H2,1-4H3,(H,23,26). The highest BCUT2D eigenvalue weighted by Gasteiger charge is 2.13. The van der Waals surface area contributed by atoms with Crippen molar-refractivity contribution in [1.29, 1.82) is 0 Å². The average molecular weight is 384 g/mol. The molecule has 2 aromatic carbocycles. The Morgan fingerprint density at radius 1 is 1.04 bits per heavy atom. The molecule has 0 bridgehead atoms. The van der Waals surface area contributed by atoms with Crippen molar-refractivity contribution < 1.29 is 19.1 Å². The molecule has 0 heterocycles. The minimum atomic E-state index is -0.0528. The first kappa shape index (κ1) is 21.3. The van der Waals surface area contributed by atoms with E-state index in [4.69, 9.17) is 9.47 Å². The van der Waals surface area contributed by atoms with E-state index < -0.39 is 0 Å². The Kier molecular flexibility index (Phi) is 7.87. The lowest BCUT2D eigenvalue weighted by Gasteiger charge is -2.22. The zero-order valence-electron chi connectivity index (χ0n) is 17.0. The van der Waals surface area contributed by atoms with Crippen molar-refractivity contribution in [3.05, 3.63) is 59.2 Å². The molecule has 0 saturated heterocycles. The zero-order valence-corrected chi connectivity index (χ0v) is 17.0. The van der Waals surface area contributed by atoms with E-state index in [2.05, 4.69) is 5.32 Å². The number of aryl methyl sites for hydroxylation is 1. The average Bonchev–Trinajstić information content (AvgIpc) is 2.68. The molecule has 0 aliphatic rings. The Morgan fingerprint density at radius 2 is 1.75 bits per heavy atom. The summed E-state index contributed by atoms with van der Waals surface area (Å²) >= 11 is 0. The molecular weight excluding hydrogens is 356 g/mol. The van der Waals surface area contributed by atoms with Crippen molar-refractivity contribution in [2.75, 3.05) is 27.3 Å². The lowest BCUT2D eigenvalue weighted by Crippen LogP contribution is -2.37. The maximum Gasteiger partial charge on any atom is 0.224 e. The van der Waals surface area contributed by atoms with Gasteiger partial charge in [0.25, 0.3) is 0 Å². The molecule has 0 atom stereocenters. The van der Waals surface area contributed by atoms with Crippen molar-refractivity contribution >= 4 is 11.8 Å². The SMILES string of the molecule is COc1ccc(CN(CCNC(=O)Cc2ccccc2C)C(C)=O)cc1OC.